The lowest BCUT2D eigenvalue weighted by Gasteiger charge is -2.12. The van der Waals surface area contributed by atoms with Gasteiger partial charge in [-0.15, -0.1) is 0 Å². The fourth-order valence-corrected chi connectivity index (χ4v) is 1.25. The van der Waals surface area contributed by atoms with Gasteiger partial charge in [0.1, 0.15) is 6.04 Å². The van der Waals surface area contributed by atoms with Gasteiger partial charge in [-0.25, -0.2) is 0 Å². The first-order chi connectivity index (χ1) is 6.50. The van der Waals surface area contributed by atoms with Crippen molar-refractivity contribution < 1.29 is 9.90 Å². The number of nitrogens with one attached hydrogen (secondary N) is 1. The standard InChI is InChI=1S/C9H9Cl2NO2/c1-5(9(13)14)12-8-4-6(10)2-3-7(8)11/h2-5,12H,1H3,(H,13,14). The van der Waals surface area contributed by atoms with Gasteiger partial charge in [0.2, 0.25) is 0 Å². The lowest BCUT2D eigenvalue weighted by molar-refractivity contribution is -0.137. The van der Waals surface area contributed by atoms with Gasteiger partial charge >= 0.3 is 5.97 Å². The van der Waals surface area contributed by atoms with Crippen LogP contribution in [0.2, 0.25) is 10.0 Å². The Morgan fingerprint density at radius 2 is 2.14 bits per heavy atom. The van der Waals surface area contributed by atoms with Gasteiger partial charge in [0, 0.05) is 5.02 Å². The van der Waals surface area contributed by atoms with Crippen LogP contribution in [0, 0.1) is 0 Å². The number of rotatable bonds is 3. The molecule has 0 saturated heterocycles. The number of carboxylic acids is 1. The Hall–Kier alpha value is -0.930. The SMILES string of the molecule is CC(Nc1cc(Cl)ccc1Cl)C(=O)O. The fraction of sp³-hybridized carbons (Fsp3) is 0.222. The minimum atomic E-state index is -0.943. The van der Waals surface area contributed by atoms with Gasteiger partial charge in [0.15, 0.2) is 0 Å². The van der Waals surface area contributed by atoms with Crippen LogP contribution in [0.5, 0.6) is 0 Å². The highest BCUT2D eigenvalue weighted by Crippen LogP contribution is 2.25. The summed E-state index contributed by atoms with van der Waals surface area (Å²) in [6.07, 6.45) is 0. The van der Waals surface area contributed by atoms with Crippen LogP contribution >= 0.6 is 23.2 Å². The van der Waals surface area contributed by atoms with Crippen molar-refractivity contribution >= 4 is 34.9 Å². The highest BCUT2D eigenvalue weighted by molar-refractivity contribution is 6.35. The third kappa shape index (κ3) is 2.79. The van der Waals surface area contributed by atoms with Gasteiger partial charge in [0.25, 0.3) is 0 Å². The summed E-state index contributed by atoms with van der Waals surface area (Å²) >= 11 is 11.6. The lowest BCUT2D eigenvalue weighted by atomic mass is 10.2. The van der Waals surface area contributed by atoms with Crippen LogP contribution in [-0.4, -0.2) is 17.1 Å². The quantitative estimate of drug-likeness (QED) is 0.845. The topological polar surface area (TPSA) is 49.3 Å². The maximum atomic E-state index is 10.6. The fourth-order valence-electron chi connectivity index (χ4n) is 0.903. The summed E-state index contributed by atoms with van der Waals surface area (Å²) in [5.41, 5.74) is 0.522. The van der Waals surface area contributed by atoms with Crippen LogP contribution in [0.15, 0.2) is 18.2 Å². The summed E-state index contributed by atoms with van der Waals surface area (Å²) in [5, 5.41) is 12.4. The largest absolute Gasteiger partial charge is 0.480 e. The smallest absolute Gasteiger partial charge is 0.325 e. The highest BCUT2D eigenvalue weighted by atomic mass is 35.5. The van der Waals surface area contributed by atoms with E-state index in [2.05, 4.69) is 5.32 Å². The first kappa shape index (κ1) is 11.1. The molecular weight excluding hydrogens is 225 g/mol. The lowest BCUT2D eigenvalue weighted by Crippen LogP contribution is -2.25. The molecule has 0 aliphatic rings. The maximum absolute atomic E-state index is 10.6. The third-order valence-corrected chi connectivity index (χ3v) is 2.24. The van der Waals surface area contributed by atoms with E-state index in [0.717, 1.165) is 0 Å². The minimum Gasteiger partial charge on any atom is -0.480 e. The number of benzene rings is 1. The summed E-state index contributed by atoms with van der Waals surface area (Å²) < 4.78 is 0. The Labute approximate surface area is 91.6 Å². The second-order valence-corrected chi connectivity index (χ2v) is 3.67. The van der Waals surface area contributed by atoms with E-state index < -0.39 is 12.0 Å². The van der Waals surface area contributed by atoms with Gasteiger partial charge in [0.05, 0.1) is 10.7 Å². The average molecular weight is 234 g/mol. The van der Waals surface area contributed by atoms with E-state index in [1.807, 2.05) is 0 Å². The van der Waals surface area contributed by atoms with E-state index >= 15 is 0 Å². The Kier molecular flexibility index (Phi) is 3.61. The van der Waals surface area contributed by atoms with Crippen LogP contribution < -0.4 is 5.32 Å². The first-order valence-electron chi connectivity index (χ1n) is 3.95. The molecule has 1 aromatic carbocycles. The van der Waals surface area contributed by atoms with Crippen molar-refractivity contribution in [2.75, 3.05) is 5.32 Å². The van der Waals surface area contributed by atoms with Gasteiger partial charge in [-0.2, -0.15) is 0 Å². The van der Waals surface area contributed by atoms with Gasteiger partial charge in [-0.05, 0) is 25.1 Å². The third-order valence-electron chi connectivity index (χ3n) is 1.67. The molecule has 0 radical (unpaired) electrons. The van der Waals surface area contributed by atoms with Crippen LogP contribution in [0.3, 0.4) is 0 Å². The predicted molar refractivity (Wildman–Crippen MR) is 57.2 cm³/mol. The van der Waals surface area contributed by atoms with Gasteiger partial charge in [-0.1, -0.05) is 23.2 Å². The maximum Gasteiger partial charge on any atom is 0.325 e. The van der Waals surface area contributed by atoms with E-state index in [-0.39, 0.29) is 0 Å². The molecule has 0 heterocycles. The Bertz CT molecular complexity index is 355. The van der Waals surface area contributed by atoms with Crippen molar-refractivity contribution in [3.05, 3.63) is 28.2 Å². The Morgan fingerprint density at radius 3 is 2.71 bits per heavy atom. The summed E-state index contributed by atoms with van der Waals surface area (Å²) in [7, 11) is 0. The minimum absolute atomic E-state index is 0.447. The summed E-state index contributed by atoms with van der Waals surface area (Å²) in [6, 6.07) is 4.14. The monoisotopic (exact) mass is 233 g/mol. The molecule has 0 aromatic heterocycles. The first-order valence-corrected chi connectivity index (χ1v) is 4.70. The molecule has 0 amide bonds. The van der Waals surface area contributed by atoms with E-state index in [4.69, 9.17) is 28.3 Å². The van der Waals surface area contributed by atoms with Gasteiger partial charge in [-0.3, -0.25) is 4.79 Å². The zero-order chi connectivity index (χ0) is 10.7. The van der Waals surface area contributed by atoms with E-state index in [1.54, 1.807) is 18.2 Å². The number of carbonyl (C=O) groups is 1. The molecule has 5 heteroatoms. The van der Waals surface area contributed by atoms with Crippen molar-refractivity contribution in [3.8, 4) is 0 Å². The van der Waals surface area contributed by atoms with Crippen molar-refractivity contribution in [3.63, 3.8) is 0 Å². The summed E-state index contributed by atoms with van der Waals surface area (Å²) in [6.45, 7) is 1.53. The number of anilines is 1. The molecular formula is C9H9Cl2NO2. The number of halogens is 2. The van der Waals surface area contributed by atoms with E-state index in [1.165, 1.54) is 6.92 Å². The Morgan fingerprint density at radius 1 is 1.50 bits per heavy atom. The van der Waals surface area contributed by atoms with Gasteiger partial charge < -0.3 is 10.4 Å². The number of hydrogen-bond donors (Lipinski definition) is 2. The van der Waals surface area contributed by atoms with Crippen LogP contribution in [-0.2, 0) is 4.79 Å². The Balaban J connectivity index is 2.85. The zero-order valence-electron chi connectivity index (χ0n) is 7.42. The van der Waals surface area contributed by atoms with Crippen molar-refractivity contribution in [1.29, 1.82) is 0 Å². The van der Waals surface area contributed by atoms with Crippen molar-refractivity contribution in [1.82, 2.24) is 0 Å². The van der Waals surface area contributed by atoms with E-state index in [9.17, 15) is 4.79 Å². The molecule has 1 atom stereocenters. The molecule has 0 aliphatic carbocycles. The highest BCUT2D eigenvalue weighted by Gasteiger charge is 2.11. The molecule has 0 aliphatic heterocycles. The second kappa shape index (κ2) is 4.53. The van der Waals surface area contributed by atoms with Crippen molar-refractivity contribution in [2.45, 2.75) is 13.0 Å². The van der Waals surface area contributed by atoms with Crippen molar-refractivity contribution in [2.24, 2.45) is 0 Å². The van der Waals surface area contributed by atoms with E-state index in [0.29, 0.717) is 15.7 Å². The molecule has 1 rings (SSSR count). The molecule has 1 aromatic rings. The molecule has 2 N–H and O–H groups in total. The normalized spacial score (nSPS) is 12.2. The molecule has 0 saturated carbocycles. The zero-order valence-corrected chi connectivity index (χ0v) is 8.93. The molecule has 1 unspecified atom stereocenters. The van der Waals surface area contributed by atoms with Crippen LogP contribution in [0.4, 0.5) is 5.69 Å². The molecule has 0 spiro atoms. The second-order valence-electron chi connectivity index (χ2n) is 2.83. The molecule has 76 valence electrons. The molecule has 3 nitrogen and oxygen atoms in total. The molecule has 0 bridgehead atoms. The number of carboxylic acid groups (broad SMARTS) is 1. The molecule has 0 fully saturated rings. The number of hydrogen-bond acceptors (Lipinski definition) is 2. The summed E-state index contributed by atoms with van der Waals surface area (Å²) in [4.78, 5) is 10.6. The average Bonchev–Trinajstić information content (AvgIpc) is 2.11. The molecule has 14 heavy (non-hydrogen) atoms. The van der Waals surface area contributed by atoms with Crippen LogP contribution in [0.1, 0.15) is 6.92 Å². The summed E-state index contributed by atoms with van der Waals surface area (Å²) in [5.74, 6) is -0.943. The number of aliphatic carboxylic acids is 1. The predicted octanol–water partition coefficient (Wildman–Crippen LogP) is 2.88. The van der Waals surface area contributed by atoms with Crippen LogP contribution in [0.25, 0.3) is 0 Å².